The van der Waals surface area contributed by atoms with Gasteiger partial charge in [0.25, 0.3) is 0 Å². The minimum atomic E-state index is -3.92. The van der Waals surface area contributed by atoms with E-state index in [1.54, 1.807) is 0 Å². The predicted molar refractivity (Wildman–Crippen MR) is 74.5 cm³/mol. The standard InChI is InChI=1S/C12H15BrFNO4S/c1-18-12(4-5-19-8-12)7-15-20(16,17)11-3-2-9(13)6-10(11)14/h2-3,6,15H,4-5,7-8H2,1H3. The van der Waals surface area contributed by atoms with Crippen molar-refractivity contribution in [1.82, 2.24) is 4.72 Å². The van der Waals surface area contributed by atoms with Gasteiger partial charge in [0, 0.05) is 31.2 Å². The molecule has 1 fully saturated rings. The van der Waals surface area contributed by atoms with Crippen molar-refractivity contribution in [3.63, 3.8) is 0 Å². The molecule has 5 nitrogen and oxygen atoms in total. The Balaban J connectivity index is 2.15. The maximum absolute atomic E-state index is 13.7. The Bertz CT molecular complexity index is 587. The van der Waals surface area contributed by atoms with Crippen molar-refractivity contribution in [3.05, 3.63) is 28.5 Å². The van der Waals surface area contributed by atoms with Gasteiger partial charge in [0.05, 0.1) is 6.61 Å². The summed E-state index contributed by atoms with van der Waals surface area (Å²) in [6.45, 7) is 0.873. The van der Waals surface area contributed by atoms with Crippen LogP contribution in [0, 0.1) is 5.82 Å². The molecule has 1 atom stereocenters. The molecule has 0 radical (unpaired) electrons. The summed E-state index contributed by atoms with van der Waals surface area (Å²) in [5.41, 5.74) is -0.682. The molecule has 1 aliphatic heterocycles. The molecule has 112 valence electrons. The maximum Gasteiger partial charge on any atom is 0.243 e. The second-order valence-electron chi connectivity index (χ2n) is 4.59. The highest BCUT2D eigenvalue weighted by molar-refractivity contribution is 9.10. The molecule has 0 aromatic heterocycles. The van der Waals surface area contributed by atoms with Crippen LogP contribution in [0.5, 0.6) is 0 Å². The molecule has 1 aromatic rings. The van der Waals surface area contributed by atoms with Gasteiger partial charge in [-0.25, -0.2) is 17.5 Å². The lowest BCUT2D eigenvalue weighted by molar-refractivity contribution is -0.0120. The van der Waals surface area contributed by atoms with Gasteiger partial charge in [-0.2, -0.15) is 0 Å². The van der Waals surface area contributed by atoms with Crippen LogP contribution in [0.15, 0.2) is 27.6 Å². The fourth-order valence-corrected chi connectivity index (χ4v) is 3.46. The first-order valence-electron chi connectivity index (χ1n) is 5.96. The summed E-state index contributed by atoms with van der Waals surface area (Å²) in [4.78, 5) is -0.383. The van der Waals surface area contributed by atoms with E-state index in [-0.39, 0.29) is 11.4 Å². The van der Waals surface area contributed by atoms with Gasteiger partial charge in [0.15, 0.2) is 0 Å². The second kappa shape index (κ2) is 6.07. The third-order valence-corrected chi connectivity index (χ3v) is 5.20. The largest absolute Gasteiger partial charge is 0.378 e. The first-order chi connectivity index (χ1) is 9.38. The molecular weight excluding hydrogens is 353 g/mol. The van der Waals surface area contributed by atoms with Crippen LogP contribution in [-0.4, -0.2) is 40.9 Å². The minimum absolute atomic E-state index is 0.0430. The third kappa shape index (κ3) is 3.37. The van der Waals surface area contributed by atoms with E-state index >= 15 is 0 Å². The predicted octanol–water partition coefficient (Wildman–Crippen LogP) is 1.67. The second-order valence-corrected chi connectivity index (χ2v) is 7.24. The topological polar surface area (TPSA) is 64.6 Å². The highest BCUT2D eigenvalue weighted by Crippen LogP contribution is 2.23. The number of hydrogen-bond acceptors (Lipinski definition) is 4. The fourth-order valence-electron chi connectivity index (χ4n) is 1.96. The molecule has 1 unspecified atom stereocenters. The highest BCUT2D eigenvalue weighted by atomic mass is 79.9. The molecule has 0 aliphatic carbocycles. The van der Waals surface area contributed by atoms with E-state index in [1.165, 1.54) is 19.2 Å². The molecule has 0 spiro atoms. The molecule has 0 amide bonds. The zero-order valence-electron chi connectivity index (χ0n) is 10.9. The van der Waals surface area contributed by atoms with Crippen LogP contribution in [0.25, 0.3) is 0 Å². The van der Waals surface area contributed by atoms with Crippen LogP contribution in [0.1, 0.15) is 6.42 Å². The molecule has 1 aromatic carbocycles. The summed E-state index contributed by atoms with van der Waals surface area (Å²) >= 11 is 3.08. The molecule has 1 saturated heterocycles. The Labute approximate surface area is 125 Å². The number of ether oxygens (including phenoxy) is 2. The van der Waals surface area contributed by atoms with Crippen molar-refractivity contribution in [2.24, 2.45) is 0 Å². The van der Waals surface area contributed by atoms with E-state index in [2.05, 4.69) is 20.7 Å². The quantitative estimate of drug-likeness (QED) is 0.859. The summed E-state index contributed by atoms with van der Waals surface area (Å²) in [5.74, 6) is -0.805. The Morgan fingerprint density at radius 1 is 1.55 bits per heavy atom. The van der Waals surface area contributed by atoms with Crippen molar-refractivity contribution in [2.75, 3.05) is 26.9 Å². The number of sulfonamides is 1. The van der Waals surface area contributed by atoms with Crippen LogP contribution in [-0.2, 0) is 19.5 Å². The zero-order chi connectivity index (χ0) is 14.8. The first kappa shape index (κ1) is 15.8. The van der Waals surface area contributed by atoms with Crippen LogP contribution in [0.3, 0.4) is 0 Å². The SMILES string of the molecule is COC1(CNS(=O)(=O)c2ccc(Br)cc2F)CCOC1. The number of methoxy groups -OCH3 is 1. The molecule has 0 bridgehead atoms. The van der Waals surface area contributed by atoms with Crippen molar-refractivity contribution in [1.29, 1.82) is 0 Å². The van der Waals surface area contributed by atoms with Crippen LogP contribution in [0.4, 0.5) is 4.39 Å². The van der Waals surface area contributed by atoms with Crippen LogP contribution in [0.2, 0.25) is 0 Å². The number of nitrogens with one attached hydrogen (secondary N) is 1. The number of rotatable bonds is 5. The van der Waals surface area contributed by atoms with E-state index in [0.29, 0.717) is 24.1 Å². The van der Waals surface area contributed by atoms with Gasteiger partial charge >= 0.3 is 0 Å². The van der Waals surface area contributed by atoms with Gasteiger partial charge < -0.3 is 9.47 Å². The maximum atomic E-state index is 13.7. The summed E-state index contributed by atoms with van der Waals surface area (Å²) in [6, 6.07) is 3.80. The lowest BCUT2D eigenvalue weighted by atomic mass is 10.0. The van der Waals surface area contributed by atoms with E-state index < -0.39 is 21.4 Å². The summed E-state index contributed by atoms with van der Waals surface area (Å²) in [7, 11) is -2.42. The van der Waals surface area contributed by atoms with Gasteiger partial charge in [-0.3, -0.25) is 0 Å². The van der Waals surface area contributed by atoms with Gasteiger partial charge in [0.2, 0.25) is 10.0 Å². The van der Waals surface area contributed by atoms with E-state index in [0.717, 1.165) is 6.07 Å². The van der Waals surface area contributed by atoms with Gasteiger partial charge in [-0.05, 0) is 18.2 Å². The van der Waals surface area contributed by atoms with Crippen molar-refractivity contribution in [2.45, 2.75) is 16.9 Å². The highest BCUT2D eigenvalue weighted by Gasteiger charge is 2.36. The van der Waals surface area contributed by atoms with E-state index in [4.69, 9.17) is 9.47 Å². The molecule has 0 saturated carbocycles. The summed E-state index contributed by atoms with van der Waals surface area (Å²) < 4.78 is 51.4. The van der Waals surface area contributed by atoms with E-state index in [9.17, 15) is 12.8 Å². The lowest BCUT2D eigenvalue weighted by Gasteiger charge is -2.25. The Kier molecular flexibility index (Phi) is 4.80. The zero-order valence-corrected chi connectivity index (χ0v) is 13.3. The Morgan fingerprint density at radius 3 is 2.85 bits per heavy atom. The van der Waals surface area contributed by atoms with Crippen LogP contribution < -0.4 is 4.72 Å². The molecular formula is C12H15BrFNO4S. The van der Waals surface area contributed by atoms with Crippen molar-refractivity contribution in [3.8, 4) is 0 Å². The summed E-state index contributed by atoms with van der Waals surface area (Å²) in [6.07, 6.45) is 0.592. The molecule has 8 heteroatoms. The third-order valence-electron chi connectivity index (χ3n) is 3.27. The molecule has 1 N–H and O–H groups in total. The lowest BCUT2D eigenvalue weighted by Crippen LogP contribution is -2.45. The number of benzene rings is 1. The van der Waals surface area contributed by atoms with Crippen molar-refractivity contribution < 1.29 is 22.3 Å². The van der Waals surface area contributed by atoms with Gasteiger partial charge in [-0.15, -0.1) is 0 Å². The molecule has 1 heterocycles. The smallest absolute Gasteiger partial charge is 0.243 e. The van der Waals surface area contributed by atoms with Crippen LogP contribution >= 0.6 is 15.9 Å². The Morgan fingerprint density at radius 2 is 2.30 bits per heavy atom. The Hall–Kier alpha value is -0.540. The average molecular weight is 368 g/mol. The van der Waals surface area contributed by atoms with Crippen molar-refractivity contribution >= 4 is 26.0 Å². The fraction of sp³-hybridized carbons (Fsp3) is 0.500. The summed E-state index contributed by atoms with van der Waals surface area (Å²) in [5, 5.41) is 0. The monoisotopic (exact) mass is 367 g/mol. The first-order valence-corrected chi connectivity index (χ1v) is 8.24. The molecule has 2 rings (SSSR count). The molecule has 1 aliphatic rings. The normalized spacial score (nSPS) is 23.1. The number of hydrogen-bond donors (Lipinski definition) is 1. The average Bonchev–Trinajstić information content (AvgIpc) is 2.85. The van der Waals surface area contributed by atoms with Gasteiger partial charge in [0.1, 0.15) is 16.3 Å². The minimum Gasteiger partial charge on any atom is -0.378 e. The van der Waals surface area contributed by atoms with E-state index in [1.807, 2.05) is 0 Å². The molecule has 20 heavy (non-hydrogen) atoms. The number of halogens is 2. The van der Waals surface area contributed by atoms with Gasteiger partial charge in [-0.1, -0.05) is 15.9 Å².